The Bertz CT molecular complexity index is 948. The highest BCUT2D eigenvalue weighted by atomic mass is 16.5. The van der Waals surface area contributed by atoms with Crippen molar-refractivity contribution in [1.29, 1.82) is 0 Å². The Morgan fingerprint density at radius 3 is 2.46 bits per heavy atom. The third-order valence-corrected chi connectivity index (χ3v) is 4.12. The van der Waals surface area contributed by atoms with Crippen LogP contribution in [0.25, 0.3) is 0 Å². The van der Waals surface area contributed by atoms with Crippen molar-refractivity contribution in [3.05, 3.63) is 95.1 Å². The molecule has 142 valence electrons. The molecule has 0 spiro atoms. The molecule has 28 heavy (non-hydrogen) atoms. The molecule has 3 aromatic carbocycles. The summed E-state index contributed by atoms with van der Waals surface area (Å²) in [4.78, 5) is 12.1. The summed E-state index contributed by atoms with van der Waals surface area (Å²) in [6, 6.07) is 22.6. The highest BCUT2D eigenvalue weighted by Crippen LogP contribution is 2.15. The Balaban J connectivity index is 1.55. The maximum Gasteiger partial charge on any atom is 0.271 e. The van der Waals surface area contributed by atoms with E-state index in [1.165, 1.54) is 5.56 Å². The van der Waals surface area contributed by atoms with Crippen LogP contribution in [0, 0.1) is 6.92 Å². The molecule has 5 nitrogen and oxygen atoms in total. The van der Waals surface area contributed by atoms with E-state index in [-0.39, 0.29) is 5.91 Å². The van der Waals surface area contributed by atoms with Gasteiger partial charge in [0.15, 0.2) is 0 Å². The largest absolute Gasteiger partial charge is 0.497 e. The first-order chi connectivity index (χ1) is 13.6. The zero-order valence-electron chi connectivity index (χ0n) is 15.9. The molecular weight excluding hydrogens is 352 g/mol. The summed E-state index contributed by atoms with van der Waals surface area (Å²) in [6.07, 6.45) is 1.58. The number of amides is 1. The molecule has 3 rings (SSSR count). The Labute approximate surface area is 164 Å². The standard InChI is InChI=1S/C23H22N2O3/c1-17-6-8-18(9-7-17)16-28-22-5-3-4-19(14-22)15-24-25-23(26)20-10-12-21(27-2)13-11-20/h3-15H,16H2,1-2H3,(H,25,26)/b24-15-. The number of hydrogen-bond donors (Lipinski definition) is 1. The summed E-state index contributed by atoms with van der Waals surface area (Å²) < 4.78 is 10.9. The van der Waals surface area contributed by atoms with Crippen LogP contribution >= 0.6 is 0 Å². The normalized spacial score (nSPS) is 10.6. The van der Waals surface area contributed by atoms with Crippen LogP contribution in [0.15, 0.2) is 77.9 Å². The molecule has 1 N–H and O–H groups in total. The van der Waals surface area contributed by atoms with Gasteiger partial charge in [-0.3, -0.25) is 4.79 Å². The molecule has 5 heteroatoms. The maximum absolute atomic E-state index is 12.1. The highest BCUT2D eigenvalue weighted by Gasteiger charge is 2.04. The average Bonchev–Trinajstić information content (AvgIpc) is 2.73. The number of nitrogens with one attached hydrogen (secondary N) is 1. The second-order valence-electron chi connectivity index (χ2n) is 6.27. The molecule has 0 unspecified atom stereocenters. The summed E-state index contributed by atoms with van der Waals surface area (Å²) in [5.74, 6) is 1.15. The van der Waals surface area contributed by atoms with Gasteiger partial charge >= 0.3 is 0 Å². The molecule has 0 atom stereocenters. The van der Waals surface area contributed by atoms with Crippen molar-refractivity contribution in [1.82, 2.24) is 5.43 Å². The van der Waals surface area contributed by atoms with Crippen LogP contribution in [0.3, 0.4) is 0 Å². The summed E-state index contributed by atoms with van der Waals surface area (Å²) in [5.41, 5.74) is 6.18. The predicted molar refractivity (Wildman–Crippen MR) is 110 cm³/mol. The SMILES string of the molecule is COc1ccc(C(=O)N/N=C\c2cccc(OCc3ccc(C)cc3)c2)cc1. The zero-order valence-corrected chi connectivity index (χ0v) is 15.9. The van der Waals surface area contributed by atoms with Gasteiger partial charge in [-0.2, -0.15) is 5.10 Å². The topological polar surface area (TPSA) is 59.9 Å². The first kappa shape index (κ1) is 19.2. The number of rotatable bonds is 7. The van der Waals surface area contributed by atoms with Crippen LogP contribution in [0.4, 0.5) is 0 Å². The summed E-state index contributed by atoms with van der Waals surface area (Å²) in [6.45, 7) is 2.55. The van der Waals surface area contributed by atoms with Gasteiger partial charge in [0.25, 0.3) is 5.91 Å². The van der Waals surface area contributed by atoms with Gasteiger partial charge in [0, 0.05) is 5.56 Å². The zero-order chi connectivity index (χ0) is 19.8. The van der Waals surface area contributed by atoms with Gasteiger partial charge in [0.1, 0.15) is 18.1 Å². The minimum absolute atomic E-state index is 0.286. The first-order valence-corrected chi connectivity index (χ1v) is 8.90. The Morgan fingerprint density at radius 2 is 1.75 bits per heavy atom. The van der Waals surface area contributed by atoms with Gasteiger partial charge in [-0.05, 0) is 54.4 Å². The van der Waals surface area contributed by atoms with E-state index >= 15 is 0 Å². The molecule has 3 aromatic rings. The van der Waals surface area contributed by atoms with Crippen LogP contribution in [0.2, 0.25) is 0 Å². The number of hydrazone groups is 1. The molecule has 0 heterocycles. The number of hydrogen-bond acceptors (Lipinski definition) is 4. The van der Waals surface area contributed by atoms with Crippen molar-refractivity contribution < 1.29 is 14.3 Å². The lowest BCUT2D eigenvalue weighted by Gasteiger charge is -2.07. The fourth-order valence-corrected chi connectivity index (χ4v) is 2.51. The smallest absolute Gasteiger partial charge is 0.271 e. The van der Waals surface area contributed by atoms with E-state index < -0.39 is 0 Å². The number of nitrogens with zero attached hydrogens (tertiary/aromatic N) is 1. The van der Waals surface area contributed by atoms with Gasteiger partial charge < -0.3 is 9.47 Å². The molecule has 0 radical (unpaired) electrons. The van der Waals surface area contributed by atoms with Crippen molar-refractivity contribution in [3.8, 4) is 11.5 Å². The van der Waals surface area contributed by atoms with Crippen LogP contribution in [0.5, 0.6) is 11.5 Å². The number of carbonyl (C=O) groups is 1. The molecule has 0 aliphatic carbocycles. The lowest BCUT2D eigenvalue weighted by molar-refractivity contribution is 0.0955. The lowest BCUT2D eigenvalue weighted by atomic mass is 10.2. The molecule has 0 bridgehead atoms. The highest BCUT2D eigenvalue weighted by molar-refractivity contribution is 5.95. The van der Waals surface area contributed by atoms with E-state index in [9.17, 15) is 4.79 Å². The van der Waals surface area contributed by atoms with Crippen molar-refractivity contribution in [2.75, 3.05) is 7.11 Å². The van der Waals surface area contributed by atoms with E-state index in [1.54, 1.807) is 37.6 Å². The molecule has 0 aliphatic heterocycles. The Morgan fingerprint density at radius 1 is 1.00 bits per heavy atom. The minimum Gasteiger partial charge on any atom is -0.497 e. The van der Waals surface area contributed by atoms with Crippen molar-refractivity contribution in [2.24, 2.45) is 5.10 Å². The monoisotopic (exact) mass is 374 g/mol. The second kappa shape index (κ2) is 9.37. The molecule has 0 fully saturated rings. The lowest BCUT2D eigenvalue weighted by Crippen LogP contribution is -2.17. The Kier molecular flexibility index (Phi) is 6.41. The van der Waals surface area contributed by atoms with Gasteiger partial charge in [-0.25, -0.2) is 5.43 Å². The summed E-state index contributed by atoms with van der Waals surface area (Å²) >= 11 is 0. The molecule has 1 amide bonds. The number of methoxy groups -OCH3 is 1. The van der Waals surface area contributed by atoms with E-state index in [0.717, 1.165) is 16.9 Å². The Hall–Kier alpha value is -3.60. The van der Waals surface area contributed by atoms with Crippen LogP contribution in [0.1, 0.15) is 27.0 Å². The third kappa shape index (κ3) is 5.45. The molecule has 0 aromatic heterocycles. The summed E-state index contributed by atoms with van der Waals surface area (Å²) in [7, 11) is 1.58. The fourth-order valence-electron chi connectivity index (χ4n) is 2.51. The van der Waals surface area contributed by atoms with Crippen LogP contribution in [-0.4, -0.2) is 19.2 Å². The van der Waals surface area contributed by atoms with Gasteiger partial charge in [-0.15, -0.1) is 0 Å². The molecular formula is C23H22N2O3. The molecule has 0 aliphatic rings. The quantitative estimate of drug-likeness (QED) is 0.494. The van der Waals surface area contributed by atoms with Crippen molar-refractivity contribution in [3.63, 3.8) is 0 Å². The minimum atomic E-state index is -0.286. The molecule has 0 saturated carbocycles. The van der Waals surface area contributed by atoms with Gasteiger partial charge in [0.2, 0.25) is 0 Å². The number of carbonyl (C=O) groups excluding carboxylic acids is 1. The van der Waals surface area contributed by atoms with Crippen molar-refractivity contribution in [2.45, 2.75) is 13.5 Å². The first-order valence-electron chi connectivity index (χ1n) is 8.90. The van der Waals surface area contributed by atoms with Gasteiger partial charge in [0.05, 0.1) is 13.3 Å². The van der Waals surface area contributed by atoms with E-state index in [0.29, 0.717) is 17.9 Å². The number of aryl methyl sites for hydroxylation is 1. The number of ether oxygens (including phenoxy) is 2. The predicted octanol–water partition coefficient (Wildman–Crippen LogP) is 4.35. The van der Waals surface area contributed by atoms with E-state index in [2.05, 4.69) is 41.7 Å². The van der Waals surface area contributed by atoms with E-state index in [4.69, 9.17) is 9.47 Å². The second-order valence-corrected chi connectivity index (χ2v) is 6.27. The van der Waals surface area contributed by atoms with Crippen molar-refractivity contribution >= 4 is 12.1 Å². The van der Waals surface area contributed by atoms with E-state index in [1.807, 2.05) is 24.3 Å². The maximum atomic E-state index is 12.1. The average molecular weight is 374 g/mol. The van der Waals surface area contributed by atoms with Gasteiger partial charge in [-0.1, -0.05) is 42.0 Å². The molecule has 0 saturated heterocycles. The van der Waals surface area contributed by atoms with Crippen LogP contribution < -0.4 is 14.9 Å². The number of benzene rings is 3. The fraction of sp³-hybridized carbons (Fsp3) is 0.130. The van der Waals surface area contributed by atoms with Crippen LogP contribution in [-0.2, 0) is 6.61 Å². The third-order valence-electron chi connectivity index (χ3n) is 4.12. The summed E-state index contributed by atoms with van der Waals surface area (Å²) in [5, 5.41) is 4.02.